The molecule has 0 saturated carbocycles. The largest absolute Gasteiger partial charge is 0.497 e. The minimum absolute atomic E-state index is 0.0662. The third-order valence-corrected chi connectivity index (χ3v) is 7.27. The Morgan fingerprint density at radius 1 is 1.13 bits per heavy atom. The molecule has 31 heavy (non-hydrogen) atoms. The Morgan fingerprint density at radius 3 is 2.58 bits per heavy atom. The van der Waals surface area contributed by atoms with Gasteiger partial charge in [-0.3, -0.25) is 9.59 Å². The fourth-order valence-corrected chi connectivity index (χ4v) is 4.88. The van der Waals surface area contributed by atoms with Crippen molar-refractivity contribution in [3.05, 3.63) is 52.8 Å². The lowest BCUT2D eigenvalue weighted by atomic mass is 10.2. The van der Waals surface area contributed by atoms with E-state index in [1.807, 2.05) is 0 Å². The van der Waals surface area contributed by atoms with Crippen LogP contribution in [-0.4, -0.2) is 44.3 Å². The number of carbonyl (C=O) groups is 2. The highest BCUT2D eigenvalue weighted by Gasteiger charge is 2.16. The van der Waals surface area contributed by atoms with Crippen LogP contribution in [0.4, 0.5) is 0 Å². The summed E-state index contributed by atoms with van der Waals surface area (Å²) in [6, 6.07) is 11.1. The van der Waals surface area contributed by atoms with E-state index in [4.69, 9.17) is 9.47 Å². The molecule has 164 valence electrons. The van der Waals surface area contributed by atoms with Gasteiger partial charge in [0, 0.05) is 5.56 Å². The Bertz CT molecular complexity index is 1300. The standard InChI is InChI=1S/C21H22N2O6S2/c1-4-29-19(24)13-23-17-10-9-15(28-3)12-18(17)30-21(23)22-20(25)14-7-6-8-16(11-14)31(26,27)5-2/h6-12H,4-5,13H2,1-3H3. The van der Waals surface area contributed by atoms with E-state index in [1.165, 1.54) is 42.5 Å². The molecular weight excluding hydrogens is 440 g/mol. The molecule has 0 fully saturated rings. The topological polar surface area (TPSA) is 104 Å². The molecule has 2 aromatic carbocycles. The van der Waals surface area contributed by atoms with Crippen LogP contribution in [0.5, 0.6) is 5.75 Å². The third kappa shape index (κ3) is 5.02. The summed E-state index contributed by atoms with van der Waals surface area (Å²) in [4.78, 5) is 29.5. The van der Waals surface area contributed by atoms with E-state index in [0.717, 1.165) is 4.70 Å². The Balaban J connectivity index is 2.11. The van der Waals surface area contributed by atoms with Gasteiger partial charge in [-0.05, 0) is 43.3 Å². The molecule has 1 heterocycles. The number of thiazole rings is 1. The maximum atomic E-state index is 12.8. The lowest BCUT2D eigenvalue weighted by Crippen LogP contribution is -2.23. The van der Waals surface area contributed by atoms with Gasteiger partial charge in [-0.25, -0.2) is 8.42 Å². The normalized spacial score (nSPS) is 12.2. The first-order valence-corrected chi connectivity index (χ1v) is 12.0. The van der Waals surface area contributed by atoms with Gasteiger partial charge in [-0.15, -0.1) is 0 Å². The van der Waals surface area contributed by atoms with Crippen molar-refractivity contribution < 1.29 is 27.5 Å². The van der Waals surface area contributed by atoms with Crippen molar-refractivity contribution in [2.45, 2.75) is 25.3 Å². The SMILES string of the molecule is CCOC(=O)Cn1c(=NC(=O)c2cccc(S(=O)(=O)CC)c2)sc2cc(OC)ccc21. The van der Waals surface area contributed by atoms with Crippen LogP contribution in [0, 0.1) is 0 Å². The summed E-state index contributed by atoms with van der Waals surface area (Å²) in [5.74, 6) is -0.501. The smallest absolute Gasteiger partial charge is 0.326 e. The number of ether oxygens (including phenoxy) is 2. The minimum atomic E-state index is -3.46. The van der Waals surface area contributed by atoms with Crippen LogP contribution in [0.2, 0.25) is 0 Å². The molecule has 3 aromatic rings. The van der Waals surface area contributed by atoms with E-state index >= 15 is 0 Å². The van der Waals surface area contributed by atoms with Gasteiger partial charge < -0.3 is 14.0 Å². The quantitative estimate of drug-likeness (QED) is 0.500. The maximum Gasteiger partial charge on any atom is 0.326 e. The average molecular weight is 463 g/mol. The number of esters is 1. The zero-order valence-corrected chi connectivity index (χ0v) is 19.0. The number of nitrogens with zero attached hydrogens (tertiary/aromatic N) is 2. The van der Waals surface area contributed by atoms with Crippen LogP contribution in [0.15, 0.2) is 52.4 Å². The van der Waals surface area contributed by atoms with Gasteiger partial charge in [0.2, 0.25) is 0 Å². The fourth-order valence-electron chi connectivity index (χ4n) is 2.90. The molecule has 0 N–H and O–H groups in total. The van der Waals surface area contributed by atoms with Gasteiger partial charge in [0.05, 0.1) is 34.6 Å². The second kappa shape index (κ2) is 9.44. The number of hydrogen-bond donors (Lipinski definition) is 0. The molecule has 0 aliphatic rings. The van der Waals surface area contributed by atoms with Gasteiger partial charge in [0.25, 0.3) is 5.91 Å². The van der Waals surface area contributed by atoms with Crippen LogP contribution in [-0.2, 0) is 25.9 Å². The number of fused-ring (bicyclic) bond motifs is 1. The van der Waals surface area contributed by atoms with Gasteiger partial charge in [0.15, 0.2) is 14.6 Å². The van der Waals surface area contributed by atoms with Gasteiger partial charge >= 0.3 is 5.97 Å². The van der Waals surface area contributed by atoms with Crippen LogP contribution < -0.4 is 9.54 Å². The van der Waals surface area contributed by atoms with Crippen molar-refractivity contribution in [1.82, 2.24) is 4.57 Å². The fraction of sp³-hybridized carbons (Fsp3) is 0.286. The molecule has 8 nitrogen and oxygen atoms in total. The van der Waals surface area contributed by atoms with E-state index in [0.29, 0.717) is 16.1 Å². The Morgan fingerprint density at radius 2 is 1.90 bits per heavy atom. The molecule has 10 heteroatoms. The summed E-state index contributed by atoms with van der Waals surface area (Å²) in [6.07, 6.45) is 0. The summed E-state index contributed by atoms with van der Waals surface area (Å²) in [7, 11) is -1.91. The molecule has 0 unspecified atom stereocenters. The second-order valence-electron chi connectivity index (χ2n) is 6.46. The monoisotopic (exact) mass is 462 g/mol. The number of carbonyl (C=O) groups excluding carboxylic acids is 2. The Hall–Kier alpha value is -2.98. The Kier molecular flexibility index (Phi) is 6.91. The van der Waals surface area contributed by atoms with Gasteiger partial charge in [-0.1, -0.05) is 24.3 Å². The van der Waals surface area contributed by atoms with E-state index in [-0.39, 0.29) is 29.4 Å². The zero-order chi connectivity index (χ0) is 22.6. The first-order chi connectivity index (χ1) is 14.8. The number of rotatable bonds is 7. The molecule has 3 rings (SSSR count). The Labute approximate surface area is 183 Å². The number of benzene rings is 2. The van der Waals surface area contributed by atoms with Crippen molar-refractivity contribution in [2.24, 2.45) is 4.99 Å². The van der Waals surface area contributed by atoms with E-state index in [2.05, 4.69) is 4.99 Å². The molecule has 1 aromatic heterocycles. The number of methoxy groups -OCH3 is 1. The van der Waals surface area contributed by atoms with Crippen molar-refractivity contribution in [3.8, 4) is 5.75 Å². The molecule has 0 atom stereocenters. The second-order valence-corrected chi connectivity index (χ2v) is 9.75. The summed E-state index contributed by atoms with van der Waals surface area (Å²) in [5.41, 5.74) is 0.847. The summed E-state index contributed by atoms with van der Waals surface area (Å²) in [6.45, 7) is 3.37. The molecule has 0 aliphatic carbocycles. The molecular formula is C21H22N2O6S2. The first-order valence-electron chi connectivity index (χ1n) is 9.54. The number of aromatic nitrogens is 1. The summed E-state index contributed by atoms with van der Waals surface area (Å²) >= 11 is 1.22. The van der Waals surface area contributed by atoms with Crippen LogP contribution in [0.3, 0.4) is 0 Å². The summed E-state index contributed by atoms with van der Waals surface area (Å²) < 4.78 is 37.0. The predicted molar refractivity (Wildman–Crippen MR) is 117 cm³/mol. The lowest BCUT2D eigenvalue weighted by molar-refractivity contribution is -0.143. The number of amides is 1. The third-order valence-electron chi connectivity index (χ3n) is 4.50. The molecule has 0 bridgehead atoms. The molecule has 1 amide bonds. The number of hydrogen-bond acceptors (Lipinski definition) is 7. The lowest BCUT2D eigenvalue weighted by Gasteiger charge is -2.06. The predicted octanol–water partition coefficient (Wildman–Crippen LogP) is 2.81. The van der Waals surface area contributed by atoms with E-state index < -0.39 is 21.7 Å². The van der Waals surface area contributed by atoms with E-state index in [1.54, 1.807) is 36.8 Å². The van der Waals surface area contributed by atoms with Crippen molar-refractivity contribution in [1.29, 1.82) is 0 Å². The van der Waals surface area contributed by atoms with Crippen molar-refractivity contribution in [2.75, 3.05) is 19.5 Å². The number of sulfone groups is 1. The first kappa shape index (κ1) is 22.7. The summed E-state index contributed by atoms with van der Waals surface area (Å²) in [5, 5.41) is 0. The highest BCUT2D eigenvalue weighted by molar-refractivity contribution is 7.91. The highest BCUT2D eigenvalue weighted by atomic mass is 32.2. The zero-order valence-electron chi connectivity index (χ0n) is 17.3. The van der Waals surface area contributed by atoms with Crippen molar-refractivity contribution in [3.63, 3.8) is 0 Å². The molecule has 0 aliphatic heterocycles. The van der Waals surface area contributed by atoms with Crippen LogP contribution in [0.25, 0.3) is 10.2 Å². The van der Waals surface area contributed by atoms with Gasteiger partial charge in [-0.2, -0.15) is 4.99 Å². The molecule has 0 saturated heterocycles. The van der Waals surface area contributed by atoms with Gasteiger partial charge in [0.1, 0.15) is 12.3 Å². The van der Waals surface area contributed by atoms with Crippen LogP contribution in [0.1, 0.15) is 24.2 Å². The molecule has 0 spiro atoms. The highest BCUT2D eigenvalue weighted by Crippen LogP contribution is 2.23. The van der Waals surface area contributed by atoms with E-state index in [9.17, 15) is 18.0 Å². The maximum absolute atomic E-state index is 12.8. The molecule has 0 radical (unpaired) electrons. The van der Waals surface area contributed by atoms with Crippen LogP contribution >= 0.6 is 11.3 Å². The average Bonchev–Trinajstić information content (AvgIpc) is 3.09. The minimum Gasteiger partial charge on any atom is -0.497 e. The van der Waals surface area contributed by atoms with Crippen molar-refractivity contribution >= 4 is 43.3 Å².